The number of nitrogens with zero attached hydrogens (tertiary/aromatic N) is 3. The van der Waals surface area contributed by atoms with Crippen molar-refractivity contribution in [3.8, 4) is 0 Å². The molecule has 4 rings (SSSR count). The maximum atomic E-state index is 12.5. The molecule has 1 saturated carbocycles. The van der Waals surface area contributed by atoms with Gasteiger partial charge in [0.25, 0.3) is 0 Å². The molecule has 3 aromatic rings. The highest BCUT2D eigenvalue weighted by Crippen LogP contribution is 2.43. The maximum absolute atomic E-state index is 12.5. The van der Waals surface area contributed by atoms with Crippen molar-refractivity contribution in [2.24, 2.45) is 0 Å². The van der Waals surface area contributed by atoms with E-state index >= 15 is 0 Å². The van der Waals surface area contributed by atoms with Gasteiger partial charge in [0.2, 0.25) is 0 Å². The van der Waals surface area contributed by atoms with E-state index in [4.69, 9.17) is 0 Å². The number of carbonyl (C=O) groups excluding carboxylic acids is 2. The van der Waals surface area contributed by atoms with E-state index in [0.29, 0.717) is 18.8 Å². The van der Waals surface area contributed by atoms with E-state index in [9.17, 15) is 9.59 Å². The van der Waals surface area contributed by atoms with Gasteiger partial charge in [-0.25, -0.2) is 9.67 Å². The first-order valence-corrected chi connectivity index (χ1v) is 9.71. The molecule has 0 radical (unpaired) electrons. The Morgan fingerprint density at radius 2 is 1.76 bits per heavy atom. The van der Waals surface area contributed by atoms with Crippen LogP contribution < -0.4 is 10.6 Å². The van der Waals surface area contributed by atoms with Gasteiger partial charge in [-0.2, -0.15) is 5.10 Å². The summed E-state index contributed by atoms with van der Waals surface area (Å²) < 4.78 is 1.66. The van der Waals surface area contributed by atoms with Crippen molar-refractivity contribution in [1.29, 1.82) is 0 Å². The average Bonchev–Trinajstić information content (AvgIpc) is 3.22. The molecule has 7 heteroatoms. The highest BCUT2D eigenvalue weighted by atomic mass is 16.2. The van der Waals surface area contributed by atoms with Gasteiger partial charge >= 0.3 is 11.8 Å². The third-order valence-electron chi connectivity index (χ3n) is 5.55. The Bertz CT molecular complexity index is 981. The van der Waals surface area contributed by atoms with Gasteiger partial charge in [-0.15, -0.1) is 0 Å². The summed E-state index contributed by atoms with van der Waals surface area (Å²) in [6, 6.07) is 17.5. The molecule has 1 aromatic heterocycles. The van der Waals surface area contributed by atoms with E-state index in [1.165, 1.54) is 11.9 Å². The zero-order valence-electron chi connectivity index (χ0n) is 16.0. The summed E-state index contributed by atoms with van der Waals surface area (Å²) in [5.41, 5.74) is 2.58. The van der Waals surface area contributed by atoms with Gasteiger partial charge in [-0.3, -0.25) is 9.59 Å². The maximum Gasteiger partial charge on any atom is 0.313 e. The predicted octanol–water partition coefficient (Wildman–Crippen LogP) is 2.50. The van der Waals surface area contributed by atoms with E-state index in [-0.39, 0.29) is 5.41 Å². The van der Waals surface area contributed by atoms with Crippen molar-refractivity contribution >= 4 is 17.5 Å². The first-order chi connectivity index (χ1) is 14.2. The summed E-state index contributed by atoms with van der Waals surface area (Å²) in [5.74, 6) is -1.29. The number of anilines is 1. The Balaban J connectivity index is 1.39. The first kappa shape index (κ1) is 18.9. The topological polar surface area (TPSA) is 88.9 Å². The van der Waals surface area contributed by atoms with Gasteiger partial charge < -0.3 is 10.6 Å². The van der Waals surface area contributed by atoms with Crippen LogP contribution in [0.3, 0.4) is 0 Å². The van der Waals surface area contributed by atoms with Gasteiger partial charge in [-0.1, -0.05) is 55.0 Å². The number of amides is 2. The second-order valence-corrected chi connectivity index (χ2v) is 7.39. The molecule has 2 N–H and O–H groups in total. The Kier molecular flexibility index (Phi) is 5.37. The minimum atomic E-state index is -0.668. The first-order valence-electron chi connectivity index (χ1n) is 9.71. The van der Waals surface area contributed by atoms with Crippen LogP contribution in [0.5, 0.6) is 0 Å². The molecular formula is C22H23N5O2. The van der Waals surface area contributed by atoms with Crippen molar-refractivity contribution in [3.63, 3.8) is 0 Å². The zero-order valence-corrected chi connectivity index (χ0v) is 16.0. The fraction of sp³-hybridized carbons (Fsp3) is 0.273. The lowest BCUT2D eigenvalue weighted by molar-refractivity contribution is -0.136. The largest absolute Gasteiger partial charge is 0.347 e. The second kappa shape index (κ2) is 8.26. The average molecular weight is 389 g/mol. The van der Waals surface area contributed by atoms with Crippen LogP contribution in [0.4, 0.5) is 5.69 Å². The van der Waals surface area contributed by atoms with E-state index in [1.807, 2.05) is 36.4 Å². The van der Waals surface area contributed by atoms with Gasteiger partial charge in [0.15, 0.2) is 0 Å². The number of benzene rings is 2. The van der Waals surface area contributed by atoms with Crippen molar-refractivity contribution in [1.82, 2.24) is 20.1 Å². The molecule has 0 bridgehead atoms. The van der Waals surface area contributed by atoms with Crippen LogP contribution in [0.15, 0.2) is 67.3 Å². The van der Waals surface area contributed by atoms with Crippen LogP contribution in [-0.4, -0.2) is 33.1 Å². The number of hydrogen-bond donors (Lipinski definition) is 2. The Morgan fingerprint density at radius 3 is 2.45 bits per heavy atom. The van der Waals surface area contributed by atoms with Crippen LogP contribution in [0.25, 0.3) is 0 Å². The molecule has 0 saturated heterocycles. The lowest BCUT2D eigenvalue weighted by atomic mass is 9.64. The minimum absolute atomic E-state index is 0.0673. The van der Waals surface area contributed by atoms with Crippen LogP contribution in [0, 0.1) is 0 Å². The minimum Gasteiger partial charge on any atom is -0.347 e. The molecule has 2 amide bonds. The van der Waals surface area contributed by atoms with Gasteiger partial charge in [0.1, 0.15) is 12.7 Å². The summed E-state index contributed by atoms with van der Waals surface area (Å²) in [5, 5.41) is 9.63. The Morgan fingerprint density at radius 1 is 1.00 bits per heavy atom. The number of hydrogen-bond acceptors (Lipinski definition) is 4. The molecule has 1 aliphatic carbocycles. The van der Waals surface area contributed by atoms with E-state index in [0.717, 1.165) is 24.8 Å². The molecule has 29 heavy (non-hydrogen) atoms. The van der Waals surface area contributed by atoms with Crippen LogP contribution in [0.1, 0.15) is 30.4 Å². The molecule has 148 valence electrons. The monoisotopic (exact) mass is 389 g/mol. The highest BCUT2D eigenvalue weighted by molar-refractivity contribution is 6.39. The Hall–Kier alpha value is -3.48. The molecule has 0 atom stereocenters. The van der Waals surface area contributed by atoms with Crippen molar-refractivity contribution < 1.29 is 9.59 Å². The predicted molar refractivity (Wildman–Crippen MR) is 109 cm³/mol. The SMILES string of the molecule is O=C(NCC1(c2ccccc2)CCC1)C(=O)Nc1ccccc1Cn1cncn1. The van der Waals surface area contributed by atoms with Crippen LogP contribution in [-0.2, 0) is 21.5 Å². The second-order valence-electron chi connectivity index (χ2n) is 7.39. The summed E-state index contributed by atoms with van der Waals surface area (Å²) >= 11 is 0. The summed E-state index contributed by atoms with van der Waals surface area (Å²) in [6.07, 6.45) is 6.22. The third-order valence-corrected chi connectivity index (χ3v) is 5.55. The summed E-state index contributed by atoms with van der Waals surface area (Å²) in [4.78, 5) is 28.8. The van der Waals surface area contributed by atoms with Gasteiger partial charge in [0.05, 0.1) is 6.54 Å². The number of carbonyl (C=O) groups is 2. The number of para-hydroxylation sites is 1. The molecule has 0 aliphatic heterocycles. The number of aromatic nitrogens is 3. The molecule has 1 aliphatic rings. The van der Waals surface area contributed by atoms with Crippen molar-refractivity contribution in [3.05, 3.63) is 78.4 Å². The van der Waals surface area contributed by atoms with E-state index in [2.05, 4.69) is 32.8 Å². The third kappa shape index (κ3) is 4.18. The standard InChI is InChI=1S/C22H23N5O2/c28-20(24-14-22(11-6-12-22)18-8-2-1-3-9-18)21(29)26-19-10-5-4-7-17(19)13-27-16-23-15-25-27/h1-5,7-10,15-16H,6,11-14H2,(H,24,28)(H,26,29). The van der Waals surface area contributed by atoms with Crippen molar-refractivity contribution in [2.45, 2.75) is 31.2 Å². The molecule has 1 heterocycles. The molecule has 0 spiro atoms. The van der Waals surface area contributed by atoms with Crippen LogP contribution in [0.2, 0.25) is 0 Å². The lowest BCUT2D eigenvalue weighted by Gasteiger charge is -2.42. The summed E-state index contributed by atoms with van der Waals surface area (Å²) in [7, 11) is 0. The fourth-order valence-corrected chi connectivity index (χ4v) is 3.74. The highest BCUT2D eigenvalue weighted by Gasteiger charge is 2.39. The number of rotatable bonds is 6. The quantitative estimate of drug-likeness (QED) is 0.634. The summed E-state index contributed by atoms with van der Waals surface area (Å²) in [6.45, 7) is 0.916. The lowest BCUT2D eigenvalue weighted by Crippen LogP contribution is -2.48. The van der Waals surface area contributed by atoms with E-state index < -0.39 is 11.8 Å². The normalized spacial score (nSPS) is 14.6. The molecule has 7 nitrogen and oxygen atoms in total. The van der Waals surface area contributed by atoms with Gasteiger partial charge in [-0.05, 0) is 30.0 Å². The molecule has 0 unspecified atom stereocenters. The number of nitrogens with one attached hydrogen (secondary N) is 2. The van der Waals surface area contributed by atoms with Crippen molar-refractivity contribution in [2.75, 3.05) is 11.9 Å². The molecule has 2 aromatic carbocycles. The van der Waals surface area contributed by atoms with E-state index in [1.54, 1.807) is 17.1 Å². The Labute approximate surface area is 169 Å². The fourth-order valence-electron chi connectivity index (χ4n) is 3.74. The smallest absolute Gasteiger partial charge is 0.313 e. The van der Waals surface area contributed by atoms with Gasteiger partial charge in [0, 0.05) is 17.6 Å². The molecular weight excluding hydrogens is 366 g/mol. The zero-order chi connectivity index (χ0) is 20.1. The van der Waals surface area contributed by atoms with Crippen LogP contribution >= 0.6 is 0 Å². The molecule has 1 fully saturated rings.